The second-order valence-corrected chi connectivity index (χ2v) is 6.20. The molecule has 7 heteroatoms. The van der Waals surface area contributed by atoms with Crippen LogP contribution in [-0.4, -0.2) is 18.4 Å². The molecule has 0 aliphatic rings. The summed E-state index contributed by atoms with van der Waals surface area (Å²) in [5.41, 5.74) is 0.870. The number of carbonyl (C=O) groups is 2. The van der Waals surface area contributed by atoms with E-state index in [0.29, 0.717) is 6.54 Å². The number of aryl methyl sites for hydroxylation is 1. The lowest BCUT2D eigenvalue weighted by Gasteiger charge is -2.24. The van der Waals surface area contributed by atoms with Gasteiger partial charge in [-0.15, -0.1) is 0 Å². The second kappa shape index (κ2) is 8.70. The van der Waals surface area contributed by atoms with E-state index in [9.17, 15) is 22.8 Å². The van der Waals surface area contributed by atoms with E-state index in [1.54, 1.807) is 0 Å². The number of anilines is 1. The van der Waals surface area contributed by atoms with Crippen LogP contribution in [0.2, 0.25) is 0 Å². The molecule has 0 atom stereocenters. The van der Waals surface area contributed by atoms with Crippen LogP contribution in [0, 0.1) is 6.92 Å². The highest BCUT2D eigenvalue weighted by atomic mass is 19.4. The molecule has 144 valence electrons. The van der Waals surface area contributed by atoms with Gasteiger partial charge in [-0.1, -0.05) is 42.0 Å². The van der Waals surface area contributed by atoms with E-state index < -0.39 is 17.6 Å². The summed E-state index contributed by atoms with van der Waals surface area (Å²) in [4.78, 5) is 24.9. The molecule has 1 N–H and O–H groups in total. The molecule has 0 aliphatic carbocycles. The molecule has 27 heavy (non-hydrogen) atoms. The molecule has 4 nitrogen and oxygen atoms in total. The fourth-order valence-corrected chi connectivity index (χ4v) is 2.60. The second-order valence-electron chi connectivity index (χ2n) is 6.20. The van der Waals surface area contributed by atoms with Gasteiger partial charge in [0, 0.05) is 26.4 Å². The SMILES string of the molecule is CC(=O)N(CCC(=O)NCc1ccc(C)cc1)c1ccccc1C(F)(F)F. The first kappa shape index (κ1) is 20.5. The third-order valence-electron chi connectivity index (χ3n) is 4.05. The van der Waals surface area contributed by atoms with Crippen molar-refractivity contribution in [3.8, 4) is 0 Å². The van der Waals surface area contributed by atoms with Gasteiger partial charge in [-0.05, 0) is 24.6 Å². The Hall–Kier alpha value is -2.83. The van der Waals surface area contributed by atoms with Crippen LogP contribution < -0.4 is 10.2 Å². The van der Waals surface area contributed by atoms with Crippen LogP contribution in [0.15, 0.2) is 48.5 Å². The first-order chi connectivity index (χ1) is 12.7. The van der Waals surface area contributed by atoms with Gasteiger partial charge in [0.25, 0.3) is 0 Å². The van der Waals surface area contributed by atoms with Crippen molar-refractivity contribution in [1.82, 2.24) is 5.32 Å². The van der Waals surface area contributed by atoms with Gasteiger partial charge in [-0.3, -0.25) is 9.59 Å². The minimum absolute atomic E-state index is 0.0996. The lowest BCUT2D eigenvalue weighted by atomic mass is 10.1. The first-order valence-corrected chi connectivity index (χ1v) is 8.45. The highest BCUT2D eigenvalue weighted by Gasteiger charge is 2.35. The van der Waals surface area contributed by atoms with Crippen LogP contribution in [0.3, 0.4) is 0 Å². The molecule has 0 aliphatic heterocycles. The van der Waals surface area contributed by atoms with Crippen LogP contribution in [-0.2, 0) is 22.3 Å². The third kappa shape index (κ3) is 5.84. The van der Waals surface area contributed by atoms with Crippen LogP contribution >= 0.6 is 0 Å². The van der Waals surface area contributed by atoms with E-state index in [4.69, 9.17) is 0 Å². The molecule has 0 saturated heterocycles. The average Bonchev–Trinajstić information content (AvgIpc) is 2.60. The number of hydrogen-bond donors (Lipinski definition) is 1. The predicted molar refractivity (Wildman–Crippen MR) is 97.1 cm³/mol. The van der Waals surface area contributed by atoms with Gasteiger partial charge >= 0.3 is 6.18 Å². The van der Waals surface area contributed by atoms with Crippen molar-refractivity contribution in [3.63, 3.8) is 0 Å². The van der Waals surface area contributed by atoms with E-state index >= 15 is 0 Å². The molecule has 2 aromatic carbocycles. The van der Waals surface area contributed by atoms with Crippen molar-refractivity contribution in [2.75, 3.05) is 11.4 Å². The maximum Gasteiger partial charge on any atom is 0.418 e. The van der Waals surface area contributed by atoms with Crippen LogP contribution in [0.25, 0.3) is 0 Å². The molecule has 2 rings (SSSR count). The van der Waals surface area contributed by atoms with Crippen molar-refractivity contribution in [1.29, 1.82) is 0 Å². The maximum absolute atomic E-state index is 13.2. The van der Waals surface area contributed by atoms with Crippen molar-refractivity contribution < 1.29 is 22.8 Å². The zero-order valence-electron chi connectivity index (χ0n) is 15.1. The molecule has 2 amide bonds. The zero-order valence-corrected chi connectivity index (χ0v) is 15.1. The molecule has 0 saturated carbocycles. The number of hydrogen-bond acceptors (Lipinski definition) is 2. The van der Waals surface area contributed by atoms with Gasteiger partial charge < -0.3 is 10.2 Å². The Morgan fingerprint density at radius 1 is 1.04 bits per heavy atom. The summed E-state index contributed by atoms with van der Waals surface area (Å²) in [6.45, 7) is 3.31. The van der Waals surface area contributed by atoms with E-state index in [1.165, 1.54) is 25.1 Å². The number of alkyl halides is 3. The Labute approximate surface area is 156 Å². The number of nitrogens with one attached hydrogen (secondary N) is 1. The molecular weight excluding hydrogens is 357 g/mol. The van der Waals surface area contributed by atoms with Crippen molar-refractivity contribution >= 4 is 17.5 Å². The highest BCUT2D eigenvalue weighted by Crippen LogP contribution is 2.36. The monoisotopic (exact) mass is 378 g/mol. The number of para-hydroxylation sites is 1. The molecule has 0 fully saturated rings. The van der Waals surface area contributed by atoms with Crippen molar-refractivity contribution in [2.45, 2.75) is 33.0 Å². The van der Waals surface area contributed by atoms with Crippen molar-refractivity contribution in [2.24, 2.45) is 0 Å². The largest absolute Gasteiger partial charge is 0.418 e. The summed E-state index contributed by atoms with van der Waals surface area (Å²) in [6.07, 6.45) is -4.68. The number of amides is 2. The standard InChI is InChI=1S/C20H21F3N2O2/c1-14-7-9-16(10-8-14)13-24-19(27)11-12-25(15(2)26)18-6-4-3-5-17(18)20(21,22)23/h3-10H,11-13H2,1-2H3,(H,24,27). The fraction of sp³-hybridized carbons (Fsp3) is 0.300. The number of carbonyl (C=O) groups excluding carboxylic acids is 2. The Morgan fingerprint density at radius 2 is 1.67 bits per heavy atom. The average molecular weight is 378 g/mol. The summed E-state index contributed by atoms with van der Waals surface area (Å²) >= 11 is 0. The van der Waals surface area contributed by atoms with E-state index in [2.05, 4.69) is 5.32 Å². The minimum Gasteiger partial charge on any atom is -0.352 e. The van der Waals surface area contributed by atoms with E-state index in [1.807, 2.05) is 31.2 Å². The van der Waals surface area contributed by atoms with Gasteiger partial charge in [0.1, 0.15) is 0 Å². The molecule has 0 radical (unpaired) electrons. The minimum atomic E-state index is -4.59. The Balaban J connectivity index is 2.02. The topological polar surface area (TPSA) is 49.4 Å². The van der Waals surface area contributed by atoms with E-state index in [0.717, 1.165) is 22.1 Å². The quantitative estimate of drug-likeness (QED) is 0.824. The molecule has 0 aromatic heterocycles. The number of rotatable bonds is 6. The smallest absolute Gasteiger partial charge is 0.352 e. The molecular formula is C20H21F3N2O2. The molecule has 0 heterocycles. The van der Waals surface area contributed by atoms with Gasteiger partial charge in [-0.2, -0.15) is 13.2 Å². The van der Waals surface area contributed by atoms with Gasteiger partial charge in [0.15, 0.2) is 0 Å². The summed E-state index contributed by atoms with van der Waals surface area (Å²) < 4.78 is 39.6. The molecule has 0 unspecified atom stereocenters. The maximum atomic E-state index is 13.2. The number of halogens is 3. The van der Waals surface area contributed by atoms with Gasteiger partial charge in [-0.25, -0.2) is 0 Å². The van der Waals surface area contributed by atoms with Gasteiger partial charge in [0.05, 0.1) is 11.3 Å². The first-order valence-electron chi connectivity index (χ1n) is 8.45. The summed E-state index contributed by atoms with van der Waals surface area (Å²) in [5.74, 6) is -0.899. The summed E-state index contributed by atoms with van der Waals surface area (Å²) in [6, 6.07) is 12.5. The Morgan fingerprint density at radius 3 is 2.26 bits per heavy atom. The molecule has 0 bridgehead atoms. The Bertz CT molecular complexity index is 802. The van der Waals surface area contributed by atoms with Gasteiger partial charge in [0.2, 0.25) is 11.8 Å². The zero-order chi connectivity index (χ0) is 20.0. The molecule has 2 aromatic rings. The van der Waals surface area contributed by atoms with E-state index in [-0.39, 0.29) is 24.6 Å². The normalized spacial score (nSPS) is 11.1. The summed E-state index contributed by atoms with van der Waals surface area (Å²) in [7, 11) is 0. The lowest BCUT2D eigenvalue weighted by molar-refractivity contribution is -0.137. The van der Waals surface area contributed by atoms with Crippen LogP contribution in [0.5, 0.6) is 0 Å². The third-order valence-corrected chi connectivity index (χ3v) is 4.05. The highest BCUT2D eigenvalue weighted by molar-refractivity contribution is 5.93. The number of nitrogens with zero attached hydrogens (tertiary/aromatic N) is 1. The van der Waals surface area contributed by atoms with Crippen LogP contribution in [0.4, 0.5) is 18.9 Å². The summed E-state index contributed by atoms with van der Waals surface area (Å²) in [5, 5.41) is 2.71. The Kier molecular flexibility index (Phi) is 6.60. The predicted octanol–water partition coefficient (Wildman–Crippen LogP) is 4.07. The number of benzene rings is 2. The fourth-order valence-electron chi connectivity index (χ4n) is 2.60. The van der Waals surface area contributed by atoms with Crippen molar-refractivity contribution in [3.05, 3.63) is 65.2 Å². The lowest BCUT2D eigenvalue weighted by Crippen LogP contribution is -2.35. The van der Waals surface area contributed by atoms with Crippen LogP contribution in [0.1, 0.15) is 30.0 Å². The molecule has 0 spiro atoms.